The Morgan fingerprint density at radius 3 is 2.47 bits per heavy atom. The average Bonchev–Trinajstić information content (AvgIpc) is 2.33. The van der Waals surface area contributed by atoms with Gasteiger partial charge < -0.3 is 15.4 Å². The third-order valence-corrected chi connectivity index (χ3v) is 3.08. The first kappa shape index (κ1) is 13.4. The van der Waals surface area contributed by atoms with E-state index in [2.05, 4.69) is 10.6 Å². The van der Waals surface area contributed by atoms with Gasteiger partial charge in [-0.05, 0) is 49.1 Å². The summed E-state index contributed by atoms with van der Waals surface area (Å²) in [6.45, 7) is 6.63. The molecule has 0 aliphatic heterocycles. The highest BCUT2D eigenvalue weighted by Gasteiger charge is 2.11. The fourth-order valence-electron chi connectivity index (χ4n) is 1.84. The second-order valence-electron chi connectivity index (χ2n) is 4.06. The predicted octanol–water partition coefficient (Wildman–Crippen LogP) is 2.05. The van der Waals surface area contributed by atoms with E-state index in [-0.39, 0.29) is 6.03 Å². The second kappa shape index (κ2) is 5.57. The number of amides is 2. The molecule has 4 heteroatoms. The van der Waals surface area contributed by atoms with Crippen LogP contribution in [0.5, 0.6) is 5.75 Å². The molecule has 1 aromatic rings. The van der Waals surface area contributed by atoms with Crippen molar-refractivity contribution in [3.63, 3.8) is 0 Å². The highest BCUT2D eigenvalue weighted by atomic mass is 16.5. The number of benzene rings is 1. The Morgan fingerprint density at radius 2 is 1.94 bits per heavy atom. The van der Waals surface area contributed by atoms with E-state index in [1.807, 2.05) is 26.8 Å². The van der Waals surface area contributed by atoms with Crippen LogP contribution < -0.4 is 15.4 Å². The van der Waals surface area contributed by atoms with Crippen LogP contribution in [0.25, 0.3) is 0 Å². The van der Waals surface area contributed by atoms with Crippen LogP contribution >= 0.6 is 0 Å². The molecule has 0 aromatic heterocycles. The minimum atomic E-state index is -0.169. The van der Waals surface area contributed by atoms with E-state index in [0.29, 0.717) is 6.54 Å². The lowest BCUT2D eigenvalue weighted by atomic mass is 9.97. The molecule has 0 saturated heterocycles. The zero-order valence-electron chi connectivity index (χ0n) is 11.1. The van der Waals surface area contributed by atoms with E-state index in [4.69, 9.17) is 4.74 Å². The Kier molecular flexibility index (Phi) is 4.37. The normalized spacial score (nSPS) is 9.94. The van der Waals surface area contributed by atoms with Gasteiger partial charge in [0, 0.05) is 13.6 Å². The Hall–Kier alpha value is -1.71. The maximum atomic E-state index is 11.2. The highest BCUT2D eigenvalue weighted by molar-refractivity contribution is 5.73. The molecule has 1 aromatic carbocycles. The van der Waals surface area contributed by atoms with Gasteiger partial charge in [0.05, 0.1) is 7.11 Å². The molecule has 2 N–H and O–H groups in total. The Morgan fingerprint density at radius 1 is 1.29 bits per heavy atom. The monoisotopic (exact) mass is 236 g/mol. The summed E-state index contributed by atoms with van der Waals surface area (Å²) in [5, 5.41) is 5.34. The van der Waals surface area contributed by atoms with Gasteiger partial charge in [-0.1, -0.05) is 0 Å². The van der Waals surface area contributed by atoms with Crippen molar-refractivity contribution in [2.45, 2.75) is 27.3 Å². The predicted molar refractivity (Wildman–Crippen MR) is 68.5 cm³/mol. The zero-order valence-corrected chi connectivity index (χ0v) is 11.1. The molecule has 0 unspecified atom stereocenters. The highest BCUT2D eigenvalue weighted by Crippen LogP contribution is 2.27. The van der Waals surface area contributed by atoms with Gasteiger partial charge in [0.1, 0.15) is 5.75 Å². The molecule has 0 heterocycles. The fourth-order valence-corrected chi connectivity index (χ4v) is 1.84. The van der Waals surface area contributed by atoms with Crippen LogP contribution in [0.3, 0.4) is 0 Å². The van der Waals surface area contributed by atoms with Gasteiger partial charge in [-0.3, -0.25) is 0 Å². The van der Waals surface area contributed by atoms with E-state index in [1.54, 1.807) is 14.2 Å². The molecular weight excluding hydrogens is 216 g/mol. The number of aryl methyl sites for hydroxylation is 1. The molecule has 4 nitrogen and oxygen atoms in total. The third kappa shape index (κ3) is 2.90. The maximum Gasteiger partial charge on any atom is 0.314 e. The number of carbonyl (C=O) groups is 1. The number of rotatable bonds is 3. The summed E-state index contributed by atoms with van der Waals surface area (Å²) >= 11 is 0. The molecule has 2 amide bonds. The molecular formula is C13H20N2O2. The number of ether oxygens (including phenoxy) is 1. The van der Waals surface area contributed by atoms with Gasteiger partial charge in [0.25, 0.3) is 0 Å². The summed E-state index contributed by atoms with van der Waals surface area (Å²) in [5.41, 5.74) is 4.55. The molecule has 0 atom stereocenters. The van der Waals surface area contributed by atoms with Crippen LogP contribution in [0.1, 0.15) is 22.3 Å². The molecule has 0 fully saturated rings. The zero-order chi connectivity index (χ0) is 13.0. The minimum Gasteiger partial charge on any atom is -0.496 e. The molecule has 17 heavy (non-hydrogen) atoms. The van der Waals surface area contributed by atoms with E-state index < -0.39 is 0 Å². The van der Waals surface area contributed by atoms with Crippen molar-refractivity contribution in [1.29, 1.82) is 0 Å². The number of nitrogens with one attached hydrogen (secondary N) is 2. The minimum absolute atomic E-state index is 0.169. The van der Waals surface area contributed by atoms with Crippen LogP contribution in [0, 0.1) is 20.8 Å². The van der Waals surface area contributed by atoms with Gasteiger partial charge >= 0.3 is 6.03 Å². The lowest BCUT2D eigenvalue weighted by Crippen LogP contribution is -2.32. The van der Waals surface area contributed by atoms with Crippen LogP contribution in [-0.2, 0) is 6.54 Å². The van der Waals surface area contributed by atoms with Crippen molar-refractivity contribution in [1.82, 2.24) is 10.6 Å². The first-order chi connectivity index (χ1) is 8.01. The van der Waals surface area contributed by atoms with Gasteiger partial charge in [-0.25, -0.2) is 4.79 Å². The van der Waals surface area contributed by atoms with Gasteiger partial charge in [-0.15, -0.1) is 0 Å². The quantitative estimate of drug-likeness (QED) is 0.844. The molecule has 0 bridgehead atoms. The van der Waals surface area contributed by atoms with Crippen molar-refractivity contribution in [3.8, 4) is 5.75 Å². The Labute approximate surface area is 102 Å². The summed E-state index contributed by atoms with van der Waals surface area (Å²) in [6.07, 6.45) is 0. The summed E-state index contributed by atoms with van der Waals surface area (Å²) in [6, 6.07) is 1.83. The Balaban J connectivity index is 3.00. The third-order valence-electron chi connectivity index (χ3n) is 3.08. The van der Waals surface area contributed by atoms with E-state index in [0.717, 1.165) is 22.4 Å². The number of urea groups is 1. The number of hydrogen-bond acceptors (Lipinski definition) is 2. The summed E-state index contributed by atoms with van der Waals surface area (Å²) in [5.74, 6) is 0.892. The van der Waals surface area contributed by atoms with Gasteiger partial charge in [0.15, 0.2) is 0 Å². The summed E-state index contributed by atoms with van der Waals surface area (Å²) in [4.78, 5) is 11.2. The summed E-state index contributed by atoms with van der Waals surface area (Å²) in [7, 11) is 3.28. The van der Waals surface area contributed by atoms with Gasteiger partial charge in [-0.2, -0.15) is 0 Å². The van der Waals surface area contributed by atoms with Crippen molar-refractivity contribution >= 4 is 6.03 Å². The molecule has 0 aliphatic carbocycles. The molecule has 0 saturated carbocycles. The van der Waals surface area contributed by atoms with Crippen molar-refractivity contribution in [3.05, 3.63) is 28.3 Å². The van der Waals surface area contributed by atoms with Crippen LogP contribution in [0.4, 0.5) is 4.79 Å². The molecule has 0 aliphatic rings. The second-order valence-corrected chi connectivity index (χ2v) is 4.06. The lowest BCUT2D eigenvalue weighted by Gasteiger charge is -2.16. The maximum absolute atomic E-state index is 11.2. The largest absolute Gasteiger partial charge is 0.496 e. The smallest absolute Gasteiger partial charge is 0.314 e. The van der Waals surface area contributed by atoms with Gasteiger partial charge in [0.2, 0.25) is 0 Å². The van der Waals surface area contributed by atoms with Crippen LogP contribution in [0.15, 0.2) is 6.07 Å². The van der Waals surface area contributed by atoms with E-state index in [9.17, 15) is 4.79 Å². The molecule has 94 valence electrons. The van der Waals surface area contributed by atoms with Crippen LogP contribution in [0.2, 0.25) is 0 Å². The number of carbonyl (C=O) groups excluding carboxylic acids is 1. The number of methoxy groups -OCH3 is 1. The van der Waals surface area contributed by atoms with Crippen molar-refractivity contribution < 1.29 is 9.53 Å². The Bertz CT molecular complexity index is 428. The van der Waals surface area contributed by atoms with Crippen LogP contribution in [-0.4, -0.2) is 20.2 Å². The molecule has 0 radical (unpaired) electrons. The SMILES string of the molecule is CNC(=O)NCc1c(C)cc(OC)c(C)c1C. The van der Waals surface area contributed by atoms with E-state index >= 15 is 0 Å². The van der Waals surface area contributed by atoms with Crippen molar-refractivity contribution in [2.75, 3.05) is 14.2 Å². The lowest BCUT2D eigenvalue weighted by molar-refractivity contribution is 0.242. The fraction of sp³-hybridized carbons (Fsp3) is 0.462. The molecule has 0 spiro atoms. The first-order valence-corrected chi connectivity index (χ1v) is 5.60. The van der Waals surface area contributed by atoms with Crippen molar-refractivity contribution in [2.24, 2.45) is 0 Å². The average molecular weight is 236 g/mol. The number of hydrogen-bond donors (Lipinski definition) is 2. The standard InChI is InChI=1S/C13H20N2O2/c1-8-6-12(17-5)10(3)9(2)11(8)7-15-13(16)14-4/h6H,7H2,1-5H3,(H2,14,15,16). The topological polar surface area (TPSA) is 50.4 Å². The summed E-state index contributed by atoms with van der Waals surface area (Å²) < 4.78 is 5.31. The van der Waals surface area contributed by atoms with E-state index in [1.165, 1.54) is 5.56 Å². The molecule has 1 rings (SSSR count). The first-order valence-electron chi connectivity index (χ1n) is 5.60.